The molecule has 0 fully saturated rings. The lowest BCUT2D eigenvalue weighted by molar-refractivity contribution is 0.102. The quantitative estimate of drug-likeness (QED) is 0.275. The van der Waals surface area contributed by atoms with Crippen molar-refractivity contribution in [2.75, 3.05) is 16.0 Å². The largest absolute Gasteiger partial charge is 0.355 e. The van der Waals surface area contributed by atoms with Gasteiger partial charge in [-0.05, 0) is 78.9 Å². The number of benzene rings is 3. The Bertz CT molecular complexity index is 1460. The molecule has 0 saturated heterocycles. The van der Waals surface area contributed by atoms with Gasteiger partial charge in [0.1, 0.15) is 5.82 Å². The van der Waals surface area contributed by atoms with Gasteiger partial charge in [0.2, 0.25) is 0 Å². The second-order valence-electron chi connectivity index (χ2n) is 7.62. The molecular weight excluding hydrogens is 429 g/mol. The summed E-state index contributed by atoms with van der Waals surface area (Å²) in [6.07, 6.45) is 5.09. The number of nitrogens with one attached hydrogen (secondary N) is 3. The maximum absolute atomic E-state index is 13.7. The molecule has 0 atom stereocenters. The molecule has 6 nitrogen and oxygen atoms in total. The zero-order valence-electron chi connectivity index (χ0n) is 18.0. The van der Waals surface area contributed by atoms with Crippen molar-refractivity contribution in [2.24, 2.45) is 0 Å². The topological polar surface area (TPSA) is 78.9 Å². The van der Waals surface area contributed by atoms with Crippen LogP contribution < -0.4 is 16.0 Å². The van der Waals surface area contributed by atoms with E-state index in [2.05, 4.69) is 25.9 Å². The van der Waals surface area contributed by atoms with Crippen LogP contribution in [-0.2, 0) is 0 Å². The number of aromatic nitrogens is 2. The van der Waals surface area contributed by atoms with Gasteiger partial charge in [-0.25, -0.2) is 4.39 Å². The van der Waals surface area contributed by atoms with Crippen LogP contribution in [0.4, 0.5) is 32.8 Å². The molecule has 0 spiro atoms. The van der Waals surface area contributed by atoms with Crippen LogP contribution in [0, 0.1) is 5.82 Å². The van der Waals surface area contributed by atoms with E-state index in [9.17, 15) is 9.18 Å². The Balaban J connectivity index is 1.29. The third-order valence-electron chi connectivity index (χ3n) is 5.22. The van der Waals surface area contributed by atoms with Gasteiger partial charge >= 0.3 is 0 Å². The highest BCUT2D eigenvalue weighted by Crippen LogP contribution is 2.27. The Kier molecular flexibility index (Phi) is 5.82. The predicted molar refractivity (Wildman–Crippen MR) is 133 cm³/mol. The molecule has 34 heavy (non-hydrogen) atoms. The fourth-order valence-corrected chi connectivity index (χ4v) is 3.57. The maximum atomic E-state index is 13.7. The minimum absolute atomic E-state index is 0.218. The van der Waals surface area contributed by atoms with Gasteiger partial charge in [0.15, 0.2) is 0 Å². The first-order valence-electron chi connectivity index (χ1n) is 10.6. The van der Waals surface area contributed by atoms with Crippen LogP contribution in [0.3, 0.4) is 0 Å². The van der Waals surface area contributed by atoms with Crippen LogP contribution in [0.25, 0.3) is 10.9 Å². The maximum Gasteiger partial charge on any atom is 0.255 e. The first-order valence-corrected chi connectivity index (χ1v) is 10.6. The average Bonchev–Trinajstić information content (AvgIpc) is 2.86. The summed E-state index contributed by atoms with van der Waals surface area (Å²) >= 11 is 0. The molecule has 0 aliphatic rings. The summed E-state index contributed by atoms with van der Waals surface area (Å²) in [4.78, 5) is 21.0. The second kappa shape index (κ2) is 9.38. The summed E-state index contributed by atoms with van der Waals surface area (Å²) in [5, 5.41) is 10.1. The van der Waals surface area contributed by atoms with Crippen LogP contribution >= 0.6 is 0 Å². The Morgan fingerprint density at radius 2 is 1.47 bits per heavy atom. The second-order valence-corrected chi connectivity index (χ2v) is 7.62. The first-order chi connectivity index (χ1) is 16.6. The number of halogens is 1. The summed E-state index contributed by atoms with van der Waals surface area (Å²) in [5.74, 6) is -0.546. The van der Waals surface area contributed by atoms with Crippen molar-refractivity contribution in [3.8, 4) is 0 Å². The predicted octanol–water partition coefficient (Wildman–Crippen LogP) is 6.51. The average molecular weight is 449 g/mol. The van der Waals surface area contributed by atoms with E-state index < -0.39 is 0 Å². The van der Waals surface area contributed by atoms with Gasteiger partial charge < -0.3 is 16.0 Å². The molecule has 2 heterocycles. The van der Waals surface area contributed by atoms with Crippen molar-refractivity contribution in [3.63, 3.8) is 0 Å². The minimum atomic E-state index is -0.327. The summed E-state index contributed by atoms with van der Waals surface area (Å²) in [6.45, 7) is 0. The van der Waals surface area contributed by atoms with E-state index in [1.807, 2.05) is 48.5 Å². The van der Waals surface area contributed by atoms with E-state index in [1.165, 1.54) is 12.1 Å². The van der Waals surface area contributed by atoms with E-state index in [0.29, 0.717) is 22.2 Å². The number of fused-ring (bicyclic) bond motifs is 1. The Hall–Kier alpha value is -4.78. The minimum Gasteiger partial charge on any atom is -0.355 e. The van der Waals surface area contributed by atoms with Crippen molar-refractivity contribution >= 4 is 45.2 Å². The first kappa shape index (κ1) is 21.1. The van der Waals surface area contributed by atoms with Gasteiger partial charge in [-0.15, -0.1) is 0 Å². The molecule has 0 aliphatic heterocycles. The fourth-order valence-electron chi connectivity index (χ4n) is 3.57. The van der Waals surface area contributed by atoms with E-state index in [0.717, 1.165) is 22.7 Å². The fraction of sp³-hybridized carbons (Fsp3) is 0. The number of rotatable bonds is 6. The van der Waals surface area contributed by atoms with Crippen LogP contribution in [-0.4, -0.2) is 15.9 Å². The van der Waals surface area contributed by atoms with Crippen molar-refractivity contribution in [1.82, 2.24) is 9.97 Å². The summed E-state index contributed by atoms with van der Waals surface area (Å²) < 4.78 is 13.7. The van der Waals surface area contributed by atoms with Crippen molar-refractivity contribution in [1.29, 1.82) is 0 Å². The zero-order valence-corrected chi connectivity index (χ0v) is 18.0. The molecule has 7 heteroatoms. The lowest BCUT2D eigenvalue weighted by atomic mass is 10.1. The molecule has 0 aliphatic carbocycles. The lowest BCUT2D eigenvalue weighted by Gasteiger charge is -2.12. The van der Waals surface area contributed by atoms with Crippen LogP contribution in [0.2, 0.25) is 0 Å². The number of nitrogens with zero attached hydrogens (tertiary/aromatic N) is 2. The Morgan fingerprint density at radius 3 is 2.29 bits per heavy atom. The molecule has 0 radical (unpaired) electrons. The highest BCUT2D eigenvalue weighted by atomic mass is 19.1. The van der Waals surface area contributed by atoms with Crippen molar-refractivity contribution in [2.45, 2.75) is 0 Å². The van der Waals surface area contributed by atoms with Crippen LogP contribution in [0.5, 0.6) is 0 Å². The molecule has 5 aromatic rings. The van der Waals surface area contributed by atoms with Gasteiger partial charge in [0, 0.05) is 58.0 Å². The number of hydrogen-bond acceptors (Lipinski definition) is 5. The molecule has 3 aromatic carbocycles. The van der Waals surface area contributed by atoms with Crippen LogP contribution in [0.1, 0.15) is 10.4 Å². The molecule has 0 bridgehead atoms. The van der Waals surface area contributed by atoms with E-state index in [-0.39, 0.29) is 11.7 Å². The normalized spacial score (nSPS) is 10.6. The Labute approximate surface area is 195 Å². The SMILES string of the molecule is O=C(Nc1cccc(Nc2ccnc3ccc(F)cc23)c1)c1ccc(Nc2ccncc2)cc1. The van der Waals surface area contributed by atoms with Gasteiger partial charge in [-0.2, -0.15) is 0 Å². The molecule has 0 saturated carbocycles. The summed E-state index contributed by atoms with van der Waals surface area (Å²) in [7, 11) is 0. The highest BCUT2D eigenvalue weighted by molar-refractivity contribution is 6.04. The molecule has 3 N–H and O–H groups in total. The smallest absolute Gasteiger partial charge is 0.255 e. The summed E-state index contributed by atoms with van der Waals surface area (Å²) in [6, 6.07) is 24.6. The van der Waals surface area contributed by atoms with E-state index in [1.54, 1.807) is 42.9 Å². The number of amides is 1. The van der Waals surface area contributed by atoms with Gasteiger partial charge in [0.25, 0.3) is 5.91 Å². The molecular formula is C27H20FN5O. The van der Waals surface area contributed by atoms with Gasteiger partial charge in [0.05, 0.1) is 5.52 Å². The van der Waals surface area contributed by atoms with Gasteiger partial charge in [-0.3, -0.25) is 14.8 Å². The van der Waals surface area contributed by atoms with E-state index >= 15 is 0 Å². The van der Waals surface area contributed by atoms with Gasteiger partial charge in [-0.1, -0.05) is 6.07 Å². The Morgan fingerprint density at radius 1 is 0.706 bits per heavy atom. The molecule has 5 rings (SSSR count). The lowest BCUT2D eigenvalue weighted by Crippen LogP contribution is -2.11. The standard InChI is InChI=1S/C27H20FN5O/c28-19-6-9-25-24(16-19)26(12-15-30-25)32-22-2-1-3-23(17-22)33-27(34)18-4-7-20(8-5-18)31-21-10-13-29-14-11-21/h1-17H,(H,29,31)(H,30,32)(H,33,34). The summed E-state index contributed by atoms with van der Waals surface area (Å²) in [5.41, 5.74) is 5.14. The zero-order chi connectivity index (χ0) is 23.3. The molecule has 0 unspecified atom stereocenters. The number of anilines is 5. The molecule has 2 aromatic heterocycles. The van der Waals surface area contributed by atoms with Crippen LogP contribution in [0.15, 0.2) is 104 Å². The van der Waals surface area contributed by atoms with Crippen molar-refractivity contribution in [3.05, 3.63) is 115 Å². The number of hydrogen-bond donors (Lipinski definition) is 3. The highest BCUT2D eigenvalue weighted by Gasteiger charge is 2.08. The third kappa shape index (κ3) is 4.83. The van der Waals surface area contributed by atoms with E-state index in [4.69, 9.17) is 0 Å². The monoisotopic (exact) mass is 449 g/mol. The number of carbonyl (C=O) groups is 1. The number of pyridine rings is 2. The molecule has 166 valence electrons. The third-order valence-corrected chi connectivity index (χ3v) is 5.22. The molecule has 1 amide bonds. The van der Waals surface area contributed by atoms with Crippen molar-refractivity contribution < 1.29 is 9.18 Å². The number of carbonyl (C=O) groups excluding carboxylic acids is 1.